The molecule has 0 atom stereocenters. The van der Waals surface area contributed by atoms with Crippen molar-refractivity contribution in [2.45, 2.75) is 107 Å². The summed E-state index contributed by atoms with van der Waals surface area (Å²) in [7, 11) is -6.36. The van der Waals surface area contributed by atoms with E-state index in [9.17, 15) is 26.9 Å². The van der Waals surface area contributed by atoms with Gasteiger partial charge < -0.3 is 34.2 Å². The number of carbonyl (C=O) groups is 2. The number of carbonyl (C=O) groups excluding carboxylic acids is 2. The highest BCUT2D eigenvalue weighted by atomic mass is 19.2. The van der Waals surface area contributed by atoms with Crippen molar-refractivity contribution in [2.24, 2.45) is 0 Å². The first-order valence-electron chi connectivity index (χ1n) is 24.0. The maximum absolute atomic E-state index is 14.4. The van der Waals surface area contributed by atoms with Gasteiger partial charge in [0.05, 0.1) is 45.6 Å². The SMILES string of the molecule is CCc1c(C(=O)/C=C(\OB(F)F)c2[nH]c(-c3ccccc3)c(CC)c2CC)[nH]c(-c2ccc(-c3[nH]c(C(=O)/C=C(\OB(F)F)c4[nH]c(-c5ccccc5)c(CC)c4CC)c(CC)c3CC)[nH]2)c1CC. The summed E-state index contributed by atoms with van der Waals surface area (Å²) in [5.41, 5.74) is 14.0. The first kappa shape index (κ1) is 50.0. The Labute approximate surface area is 402 Å². The molecule has 0 saturated carbocycles. The lowest BCUT2D eigenvalue weighted by Gasteiger charge is -2.10. The van der Waals surface area contributed by atoms with Crippen LogP contribution in [0, 0.1) is 0 Å². The van der Waals surface area contributed by atoms with Crippen LogP contribution in [-0.4, -0.2) is 51.4 Å². The number of aromatic amines is 5. The highest BCUT2D eigenvalue weighted by Gasteiger charge is 2.30. The Kier molecular flexibility index (Phi) is 16.0. The second-order valence-electron chi connectivity index (χ2n) is 16.7. The molecule has 5 N–H and O–H groups in total. The first-order valence-corrected chi connectivity index (χ1v) is 24.0. The van der Waals surface area contributed by atoms with Crippen LogP contribution in [-0.2, 0) is 60.7 Å². The van der Waals surface area contributed by atoms with E-state index in [0.717, 1.165) is 79.2 Å². The van der Waals surface area contributed by atoms with Gasteiger partial charge in [0.2, 0.25) is 11.6 Å². The fourth-order valence-electron chi connectivity index (χ4n) is 10.0. The van der Waals surface area contributed by atoms with E-state index in [1.807, 2.05) is 128 Å². The summed E-state index contributed by atoms with van der Waals surface area (Å²) in [6, 6.07) is 23.0. The van der Waals surface area contributed by atoms with Gasteiger partial charge in [0.25, 0.3) is 0 Å². The van der Waals surface area contributed by atoms with Gasteiger partial charge >= 0.3 is 14.9 Å². The molecule has 0 amide bonds. The van der Waals surface area contributed by atoms with Gasteiger partial charge in [0.1, 0.15) is 11.5 Å². The topological polar surface area (TPSA) is 132 Å². The zero-order valence-electron chi connectivity index (χ0n) is 40.5. The Morgan fingerprint density at radius 2 is 0.696 bits per heavy atom. The van der Waals surface area contributed by atoms with E-state index < -0.39 is 26.5 Å². The van der Waals surface area contributed by atoms with Crippen LogP contribution in [0.2, 0.25) is 0 Å². The third-order valence-corrected chi connectivity index (χ3v) is 13.0. The Morgan fingerprint density at radius 3 is 1.00 bits per heavy atom. The average Bonchev–Trinajstić information content (AvgIpc) is 4.20. The predicted octanol–water partition coefficient (Wildman–Crippen LogP) is 13.8. The number of halogens is 4. The molecule has 0 aliphatic heterocycles. The number of ketones is 2. The Morgan fingerprint density at radius 1 is 0.406 bits per heavy atom. The molecule has 9 nitrogen and oxygen atoms in total. The number of allylic oxidation sites excluding steroid dienone is 2. The molecule has 7 rings (SSSR count). The van der Waals surface area contributed by atoms with Gasteiger partial charge in [-0.05, 0) is 119 Å². The summed E-state index contributed by atoms with van der Waals surface area (Å²) < 4.78 is 67.0. The van der Waals surface area contributed by atoms with E-state index in [-0.39, 0.29) is 22.9 Å². The molecule has 5 heterocycles. The van der Waals surface area contributed by atoms with Gasteiger partial charge in [0.15, 0.2) is 0 Å². The second kappa shape index (κ2) is 22.0. The lowest BCUT2D eigenvalue weighted by Crippen LogP contribution is -2.09. The molecule has 2 aromatic carbocycles. The normalized spacial score (nSPS) is 11.9. The number of rotatable bonds is 22. The van der Waals surface area contributed by atoms with Crippen LogP contribution < -0.4 is 0 Å². The molecular formula is C54H59B2F4N5O4. The van der Waals surface area contributed by atoms with Crippen molar-refractivity contribution >= 4 is 38.0 Å². The number of hydrogen-bond donors (Lipinski definition) is 5. The van der Waals surface area contributed by atoms with Gasteiger partial charge in [-0.3, -0.25) is 9.59 Å². The third kappa shape index (κ3) is 10.0. The summed E-state index contributed by atoms with van der Waals surface area (Å²) in [5, 5.41) is 0. The molecular weight excluding hydrogens is 880 g/mol. The Balaban J connectivity index is 1.27. The van der Waals surface area contributed by atoms with Gasteiger partial charge in [-0.1, -0.05) is 116 Å². The molecule has 0 saturated heterocycles. The monoisotopic (exact) mass is 939 g/mol. The molecule has 15 heteroatoms. The fourth-order valence-corrected chi connectivity index (χ4v) is 10.0. The van der Waals surface area contributed by atoms with Crippen LogP contribution in [0.5, 0.6) is 0 Å². The highest BCUT2D eigenvalue weighted by Crippen LogP contribution is 2.38. The van der Waals surface area contributed by atoms with Crippen LogP contribution in [0.3, 0.4) is 0 Å². The standard InChI is InChI=1S/C54H59B2F4N5O4/c1-9-33-39(15-7)53(62-47(33)31-23-19-17-20-24-31)45(68-55(57)58)29-43(66)51-37(13-5)35(11-3)49(64-51)41-27-28-42(61-41)50-36(12-4)38(14-6)52(65-50)44(67)30-46(69-56(59)60)54-40(16-8)34(10-2)48(63-54)32-25-21-18-22-26-32/h17-30,61-65H,9-16H2,1-8H3/b45-29-,46-30-. The molecule has 0 fully saturated rings. The van der Waals surface area contributed by atoms with Crippen LogP contribution in [0.25, 0.3) is 56.8 Å². The molecule has 0 radical (unpaired) electrons. The number of benzene rings is 2. The average molecular weight is 940 g/mol. The summed E-state index contributed by atoms with van der Waals surface area (Å²) in [5.74, 6) is -1.53. The van der Waals surface area contributed by atoms with Gasteiger partial charge in [-0.25, -0.2) is 17.3 Å². The summed E-state index contributed by atoms with van der Waals surface area (Å²) >= 11 is 0. The molecule has 358 valence electrons. The van der Waals surface area contributed by atoms with Crippen LogP contribution >= 0.6 is 0 Å². The van der Waals surface area contributed by atoms with Crippen LogP contribution in [0.15, 0.2) is 84.9 Å². The van der Waals surface area contributed by atoms with E-state index in [1.165, 1.54) is 0 Å². The smallest absolute Gasteiger partial charge is 0.503 e. The minimum Gasteiger partial charge on any atom is -0.503 e. The maximum Gasteiger partial charge on any atom is 0.796 e. The second-order valence-corrected chi connectivity index (χ2v) is 16.7. The zero-order chi connectivity index (χ0) is 49.5. The molecule has 5 aromatic heterocycles. The van der Waals surface area contributed by atoms with E-state index in [1.54, 1.807) is 0 Å². The molecule has 0 aliphatic rings. The summed E-state index contributed by atoms with van der Waals surface area (Å²) in [6.45, 7) is 15.8. The third-order valence-electron chi connectivity index (χ3n) is 13.0. The maximum atomic E-state index is 14.4. The minimum absolute atomic E-state index is 0.248. The number of nitrogens with one attached hydrogen (secondary N) is 5. The molecule has 0 bridgehead atoms. The Bertz CT molecular complexity index is 2800. The highest BCUT2D eigenvalue weighted by molar-refractivity contribution is 6.36. The van der Waals surface area contributed by atoms with Crippen molar-refractivity contribution in [3.8, 4) is 45.3 Å². The summed E-state index contributed by atoms with van der Waals surface area (Å²) in [6.07, 6.45) is 6.68. The van der Waals surface area contributed by atoms with Crippen molar-refractivity contribution in [3.63, 3.8) is 0 Å². The van der Waals surface area contributed by atoms with E-state index in [0.29, 0.717) is 85.5 Å². The molecule has 0 unspecified atom stereocenters. The van der Waals surface area contributed by atoms with Crippen molar-refractivity contribution < 1.29 is 36.2 Å². The van der Waals surface area contributed by atoms with Crippen molar-refractivity contribution in [2.75, 3.05) is 0 Å². The first-order chi connectivity index (χ1) is 33.4. The number of aromatic nitrogens is 5. The van der Waals surface area contributed by atoms with Crippen LogP contribution in [0.4, 0.5) is 17.3 Å². The van der Waals surface area contributed by atoms with Gasteiger partial charge in [-0.2, -0.15) is 0 Å². The number of H-pyrrole nitrogens is 5. The number of hydrogen-bond acceptors (Lipinski definition) is 4. The van der Waals surface area contributed by atoms with E-state index >= 15 is 0 Å². The molecule has 69 heavy (non-hydrogen) atoms. The van der Waals surface area contributed by atoms with Gasteiger partial charge in [-0.15, -0.1) is 0 Å². The fraction of sp³-hybridized carbons (Fsp3) is 0.296. The Hall–Kier alpha value is -6.89. The van der Waals surface area contributed by atoms with Crippen molar-refractivity contribution in [1.82, 2.24) is 24.9 Å². The lowest BCUT2D eigenvalue weighted by atomic mass is 9.98. The van der Waals surface area contributed by atoms with Crippen molar-refractivity contribution in [3.05, 3.63) is 152 Å². The predicted molar refractivity (Wildman–Crippen MR) is 271 cm³/mol. The van der Waals surface area contributed by atoms with Gasteiger partial charge in [0, 0.05) is 23.5 Å². The zero-order valence-corrected chi connectivity index (χ0v) is 40.5. The van der Waals surface area contributed by atoms with E-state index in [2.05, 4.69) is 24.9 Å². The van der Waals surface area contributed by atoms with E-state index in [4.69, 9.17) is 9.31 Å². The van der Waals surface area contributed by atoms with Crippen LogP contribution in [0.1, 0.15) is 132 Å². The minimum atomic E-state index is -3.18. The molecule has 0 spiro atoms. The molecule has 7 aromatic rings. The summed E-state index contributed by atoms with van der Waals surface area (Å²) in [4.78, 5) is 45.7. The van der Waals surface area contributed by atoms with Crippen molar-refractivity contribution in [1.29, 1.82) is 0 Å². The molecule has 0 aliphatic carbocycles. The lowest BCUT2D eigenvalue weighted by molar-refractivity contribution is 0.103. The quantitative estimate of drug-likeness (QED) is 0.0152. The largest absolute Gasteiger partial charge is 0.796 e.